The smallest absolute Gasteiger partial charge is 0.315 e. The molecule has 1 aromatic carbocycles. The van der Waals surface area contributed by atoms with Crippen molar-refractivity contribution in [2.45, 2.75) is 19.3 Å². The highest BCUT2D eigenvalue weighted by Crippen LogP contribution is 2.33. The predicted molar refractivity (Wildman–Crippen MR) is 58.0 cm³/mol. The Bertz CT molecular complexity index is 399. The number of carbonyl (C=O) groups excluding carboxylic acids is 1. The molecule has 3 nitrogen and oxygen atoms in total. The maximum absolute atomic E-state index is 13.0. The zero-order chi connectivity index (χ0) is 12.3. The van der Waals surface area contributed by atoms with Crippen LogP contribution in [0.3, 0.4) is 0 Å². The Balaban J connectivity index is 3.26. The topological polar surface area (TPSA) is 35.5 Å². The van der Waals surface area contributed by atoms with E-state index >= 15 is 0 Å². The molecule has 0 spiro atoms. The first-order valence-electron chi connectivity index (χ1n) is 4.86. The minimum Gasteiger partial charge on any atom is -0.496 e. The van der Waals surface area contributed by atoms with Gasteiger partial charge in [-0.3, -0.25) is 4.79 Å². The molecular formula is C12H15FO3. The molecule has 0 aromatic heterocycles. The first-order chi connectivity index (χ1) is 7.43. The van der Waals surface area contributed by atoms with E-state index in [-0.39, 0.29) is 0 Å². The van der Waals surface area contributed by atoms with Gasteiger partial charge in [-0.05, 0) is 19.9 Å². The van der Waals surface area contributed by atoms with Gasteiger partial charge in [0.25, 0.3) is 0 Å². The molecule has 0 atom stereocenters. The summed E-state index contributed by atoms with van der Waals surface area (Å²) in [6.07, 6.45) is 0. The molecule has 0 saturated carbocycles. The highest BCUT2D eigenvalue weighted by atomic mass is 19.1. The molecule has 16 heavy (non-hydrogen) atoms. The van der Waals surface area contributed by atoms with Crippen molar-refractivity contribution >= 4 is 5.97 Å². The third-order valence-electron chi connectivity index (χ3n) is 2.53. The van der Waals surface area contributed by atoms with Gasteiger partial charge in [-0.2, -0.15) is 0 Å². The zero-order valence-corrected chi connectivity index (χ0v) is 9.83. The van der Waals surface area contributed by atoms with Gasteiger partial charge in [0.2, 0.25) is 0 Å². The van der Waals surface area contributed by atoms with E-state index in [0.29, 0.717) is 11.3 Å². The van der Waals surface area contributed by atoms with Gasteiger partial charge < -0.3 is 9.47 Å². The summed E-state index contributed by atoms with van der Waals surface area (Å²) in [6.45, 7) is 3.41. The van der Waals surface area contributed by atoms with Gasteiger partial charge in [0.1, 0.15) is 11.6 Å². The SMILES string of the molecule is COC(=O)C(C)(C)c1ccc(F)cc1OC. The Morgan fingerprint density at radius 2 is 1.94 bits per heavy atom. The van der Waals surface area contributed by atoms with Crippen LogP contribution in [0.25, 0.3) is 0 Å². The van der Waals surface area contributed by atoms with Crippen LogP contribution in [0, 0.1) is 5.82 Å². The number of rotatable bonds is 3. The number of esters is 1. The summed E-state index contributed by atoms with van der Waals surface area (Å²) >= 11 is 0. The molecule has 0 heterocycles. The number of hydrogen-bond acceptors (Lipinski definition) is 3. The summed E-state index contributed by atoms with van der Waals surface area (Å²) in [6, 6.07) is 4.08. The quantitative estimate of drug-likeness (QED) is 0.742. The van der Waals surface area contributed by atoms with E-state index in [4.69, 9.17) is 9.47 Å². The Morgan fingerprint density at radius 3 is 2.44 bits per heavy atom. The molecule has 88 valence electrons. The minimum atomic E-state index is -0.867. The van der Waals surface area contributed by atoms with Gasteiger partial charge in [-0.25, -0.2) is 4.39 Å². The van der Waals surface area contributed by atoms with Crippen molar-refractivity contribution in [3.05, 3.63) is 29.6 Å². The molecular weight excluding hydrogens is 211 g/mol. The van der Waals surface area contributed by atoms with Crippen LogP contribution >= 0.6 is 0 Å². The van der Waals surface area contributed by atoms with E-state index in [1.807, 2.05) is 0 Å². The summed E-state index contributed by atoms with van der Waals surface area (Å²) in [5.74, 6) is -0.450. The molecule has 1 rings (SSSR count). The monoisotopic (exact) mass is 226 g/mol. The second kappa shape index (κ2) is 4.51. The number of carbonyl (C=O) groups is 1. The number of benzene rings is 1. The molecule has 0 saturated heterocycles. The van der Waals surface area contributed by atoms with E-state index in [9.17, 15) is 9.18 Å². The minimum absolute atomic E-state index is 0.343. The van der Waals surface area contributed by atoms with E-state index in [2.05, 4.69) is 0 Å². The first kappa shape index (κ1) is 12.5. The van der Waals surface area contributed by atoms with E-state index in [1.54, 1.807) is 13.8 Å². The molecule has 0 aliphatic heterocycles. The van der Waals surface area contributed by atoms with Crippen LogP contribution in [0.1, 0.15) is 19.4 Å². The van der Waals surface area contributed by atoms with Gasteiger partial charge >= 0.3 is 5.97 Å². The molecule has 0 amide bonds. The maximum atomic E-state index is 13.0. The van der Waals surface area contributed by atoms with E-state index in [1.165, 1.54) is 32.4 Å². The average molecular weight is 226 g/mol. The molecule has 0 aliphatic rings. The molecule has 0 aliphatic carbocycles. The average Bonchev–Trinajstić information content (AvgIpc) is 2.27. The highest BCUT2D eigenvalue weighted by molar-refractivity contribution is 5.83. The second-order valence-corrected chi connectivity index (χ2v) is 3.96. The Labute approximate surface area is 94.2 Å². The van der Waals surface area contributed by atoms with E-state index in [0.717, 1.165) is 0 Å². The van der Waals surface area contributed by atoms with Crippen LogP contribution in [0.5, 0.6) is 5.75 Å². The molecule has 0 fully saturated rings. The fourth-order valence-corrected chi connectivity index (χ4v) is 1.55. The molecule has 4 heteroatoms. The molecule has 0 bridgehead atoms. The standard InChI is InChI=1S/C12H15FO3/c1-12(2,11(14)16-4)9-6-5-8(13)7-10(9)15-3/h5-7H,1-4H3. The van der Waals surface area contributed by atoms with Crippen molar-refractivity contribution < 1.29 is 18.7 Å². The van der Waals surface area contributed by atoms with Crippen molar-refractivity contribution in [1.82, 2.24) is 0 Å². The van der Waals surface area contributed by atoms with Crippen molar-refractivity contribution in [3.8, 4) is 5.75 Å². The van der Waals surface area contributed by atoms with Gasteiger partial charge in [0.05, 0.1) is 19.6 Å². The van der Waals surface area contributed by atoms with Crippen molar-refractivity contribution in [2.24, 2.45) is 0 Å². The third kappa shape index (κ3) is 2.15. The van der Waals surface area contributed by atoms with Crippen LogP contribution in [-0.2, 0) is 14.9 Å². The summed E-state index contributed by atoms with van der Waals surface area (Å²) in [5, 5.41) is 0. The maximum Gasteiger partial charge on any atom is 0.315 e. The predicted octanol–water partition coefficient (Wildman–Crippen LogP) is 2.28. The molecule has 0 unspecified atom stereocenters. The number of halogens is 1. The summed E-state index contributed by atoms with van der Waals surface area (Å²) < 4.78 is 22.8. The van der Waals surface area contributed by atoms with Crippen LogP contribution in [0.15, 0.2) is 18.2 Å². The first-order valence-corrected chi connectivity index (χ1v) is 4.86. The fourth-order valence-electron chi connectivity index (χ4n) is 1.55. The van der Waals surface area contributed by atoms with Crippen LogP contribution in [0.4, 0.5) is 4.39 Å². The largest absolute Gasteiger partial charge is 0.496 e. The second-order valence-electron chi connectivity index (χ2n) is 3.96. The highest BCUT2D eigenvalue weighted by Gasteiger charge is 2.33. The van der Waals surface area contributed by atoms with Crippen LogP contribution in [0.2, 0.25) is 0 Å². The molecule has 0 N–H and O–H groups in total. The lowest BCUT2D eigenvalue weighted by molar-refractivity contribution is -0.146. The zero-order valence-electron chi connectivity index (χ0n) is 9.83. The normalized spacial score (nSPS) is 11.1. The number of hydrogen-bond donors (Lipinski definition) is 0. The summed E-state index contributed by atoms with van der Waals surface area (Å²) in [4.78, 5) is 11.6. The van der Waals surface area contributed by atoms with Gasteiger partial charge in [-0.15, -0.1) is 0 Å². The molecule has 0 radical (unpaired) electrons. The van der Waals surface area contributed by atoms with Gasteiger partial charge in [0.15, 0.2) is 0 Å². The molecule has 1 aromatic rings. The van der Waals surface area contributed by atoms with Crippen LogP contribution in [-0.4, -0.2) is 20.2 Å². The van der Waals surface area contributed by atoms with Crippen molar-refractivity contribution in [3.63, 3.8) is 0 Å². The van der Waals surface area contributed by atoms with Crippen molar-refractivity contribution in [2.75, 3.05) is 14.2 Å². The number of methoxy groups -OCH3 is 2. The lowest BCUT2D eigenvalue weighted by Gasteiger charge is -2.24. The third-order valence-corrected chi connectivity index (χ3v) is 2.53. The lowest BCUT2D eigenvalue weighted by atomic mass is 9.84. The summed E-state index contributed by atoms with van der Waals surface area (Å²) in [5.41, 5.74) is -0.267. The Morgan fingerprint density at radius 1 is 1.31 bits per heavy atom. The van der Waals surface area contributed by atoms with Crippen LogP contribution < -0.4 is 4.74 Å². The Kier molecular flexibility index (Phi) is 3.52. The fraction of sp³-hybridized carbons (Fsp3) is 0.417. The van der Waals surface area contributed by atoms with Gasteiger partial charge in [-0.1, -0.05) is 6.07 Å². The van der Waals surface area contributed by atoms with Crippen molar-refractivity contribution in [1.29, 1.82) is 0 Å². The summed E-state index contributed by atoms with van der Waals surface area (Å²) in [7, 11) is 2.76. The van der Waals surface area contributed by atoms with Gasteiger partial charge in [0, 0.05) is 11.6 Å². The Hall–Kier alpha value is -1.58. The number of ether oxygens (including phenoxy) is 2. The lowest BCUT2D eigenvalue weighted by Crippen LogP contribution is -2.30. The van der Waals surface area contributed by atoms with E-state index < -0.39 is 17.2 Å².